The van der Waals surface area contributed by atoms with Crippen molar-refractivity contribution in [1.29, 1.82) is 0 Å². The van der Waals surface area contributed by atoms with Crippen LogP contribution in [0.4, 0.5) is 13.2 Å². The maximum absolute atomic E-state index is 11.7. The molecule has 0 unspecified atom stereocenters. The topological polar surface area (TPSA) is 38.7 Å². The van der Waals surface area contributed by atoms with E-state index in [1.165, 1.54) is 0 Å². The molecule has 0 amide bonds. The minimum absolute atomic E-state index is 0.0457. The van der Waals surface area contributed by atoms with E-state index in [1.807, 2.05) is 0 Å². The number of hydrogen-bond acceptors (Lipinski definition) is 3. The average Bonchev–Trinajstić information content (AvgIpc) is 2.27. The molecule has 1 rings (SSSR count). The fourth-order valence-corrected chi connectivity index (χ4v) is 1.25. The van der Waals surface area contributed by atoms with Gasteiger partial charge in [0.25, 0.3) is 0 Å². The number of rotatable bonds is 6. The van der Waals surface area contributed by atoms with E-state index in [-0.39, 0.29) is 13.2 Å². The summed E-state index contributed by atoms with van der Waals surface area (Å²) in [7, 11) is 0. The maximum Gasteiger partial charge on any atom is 0.411 e. The average molecular weight is 264 g/mol. The summed E-state index contributed by atoms with van der Waals surface area (Å²) in [5.41, 5.74) is 0.746. The summed E-state index contributed by atoms with van der Waals surface area (Å²) in [5.74, 6) is 0.523. The third-order valence-electron chi connectivity index (χ3n) is 2.12. The first-order valence-corrected chi connectivity index (χ1v) is 5.44. The Labute approximate surface area is 103 Å². The molecule has 0 aliphatic heterocycles. The monoisotopic (exact) mass is 264 g/mol. The van der Waals surface area contributed by atoms with Gasteiger partial charge in [-0.2, -0.15) is 13.2 Å². The molecule has 1 aromatic rings. The molecule has 102 valence electrons. The molecule has 0 heterocycles. The molecule has 1 aromatic carbocycles. The third-order valence-corrected chi connectivity index (χ3v) is 2.12. The Morgan fingerprint density at radius 1 is 1.17 bits per heavy atom. The predicted molar refractivity (Wildman–Crippen MR) is 59.4 cm³/mol. The van der Waals surface area contributed by atoms with Gasteiger partial charge in [-0.05, 0) is 24.6 Å². The van der Waals surface area contributed by atoms with Gasteiger partial charge in [0.2, 0.25) is 0 Å². The zero-order valence-corrected chi connectivity index (χ0v) is 9.91. The van der Waals surface area contributed by atoms with Crippen LogP contribution in [-0.4, -0.2) is 31.1 Å². The van der Waals surface area contributed by atoms with Crippen LogP contribution >= 0.6 is 0 Å². The fraction of sp³-hybridized carbons (Fsp3) is 0.500. The lowest BCUT2D eigenvalue weighted by atomic mass is 10.1. The van der Waals surface area contributed by atoms with Crippen LogP contribution in [-0.2, 0) is 4.74 Å². The van der Waals surface area contributed by atoms with E-state index in [4.69, 9.17) is 4.74 Å². The van der Waals surface area contributed by atoms with E-state index in [2.05, 4.69) is 4.74 Å². The van der Waals surface area contributed by atoms with Crippen molar-refractivity contribution in [3.63, 3.8) is 0 Å². The summed E-state index contributed by atoms with van der Waals surface area (Å²) in [6, 6.07) is 6.67. The SMILES string of the molecule is C[C@@H](O)c1ccc(OCCOCC(F)(F)F)cc1. The van der Waals surface area contributed by atoms with Gasteiger partial charge in [-0.15, -0.1) is 0 Å². The van der Waals surface area contributed by atoms with Crippen LogP contribution in [0.5, 0.6) is 5.75 Å². The molecule has 0 saturated carbocycles. The van der Waals surface area contributed by atoms with E-state index in [1.54, 1.807) is 31.2 Å². The zero-order valence-electron chi connectivity index (χ0n) is 9.91. The first-order chi connectivity index (χ1) is 8.38. The Morgan fingerprint density at radius 3 is 2.28 bits per heavy atom. The minimum Gasteiger partial charge on any atom is -0.491 e. The standard InChI is InChI=1S/C12H15F3O3/c1-9(16)10-2-4-11(5-3-10)18-7-6-17-8-12(13,14)15/h2-5,9,16H,6-8H2,1H3/t9-/m1/s1. The normalized spacial score (nSPS) is 13.4. The Bertz CT molecular complexity index is 347. The van der Waals surface area contributed by atoms with Crippen LogP contribution < -0.4 is 4.74 Å². The summed E-state index contributed by atoms with van der Waals surface area (Å²) < 4.78 is 44.8. The van der Waals surface area contributed by atoms with Crippen LogP contribution in [0.2, 0.25) is 0 Å². The van der Waals surface area contributed by atoms with E-state index < -0.39 is 18.9 Å². The van der Waals surface area contributed by atoms with Gasteiger partial charge in [-0.3, -0.25) is 0 Å². The Hall–Kier alpha value is -1.27. The van der Waals surface area contributed by atoms with Gasteiger partial charge >= 0.3 is 6.18 Å². The first kappa shape index (κ1) is 14.8. The highest BCUT2D eigenvalue weighted by molar-refractivity contribution is 5.28. The molecule has 0 aliphatic carbocycles. The summed E-state index contributed by atoms with van der Waals surface area (Å²) in [6.45, 7) is 0.292. The van der Waals surface area contributed by atoms with E-state index in [0.717, 1.165) is 5.56 Å². The highest BCUT2D eigenvalue weighted by Gasteiger charge is 2.27. The van der Waals surface area contributed by atoms with Crippen LogP contribution in [0, 0.1) is 0 Å². The van der Waals surface area contributed by atoms with Crippen LogP contribution in [0.3, 0.4) is 0 Å². The van der Waals surface area contributed by atoms with Crippen LogP contribution in [0.1, 0.15) is 18.6 Å². The van der Waals surface area contributed by atoms with Crippen molar-refractivity contribution >= 4 is 0 Å². The van der Waals surface area contributed by atoms with Crippen LogP contribution in [0.25, 0.3) is 0 Å². The molecule has 0 fully saturated rings. The molecule has 0 saturated heterocycles. The number of hydrogen-bond donors (Lipinski definition) is 1. The summed E-state index contributed by atoms with van der Waals surface area (Å²) in [5, 5.41) is 9.27. The van der Waals surface area contributed by atoms with Crippen molar-refractivity contribution < 1.29 is 27.8 Å². The number of benzene rings is 1. The van der Waals surface area contributed by atoms with Gasteiger partial charge in [0.15, 0.2) is 0 Å². The minimum atomic E-state index is -4.31. The second kappa shape index (κ2) is 6.61. The van der Waals surface area contributed by atoms with Gasteiger partial charge in [0.1, 0.15) is 19.0 Å². The number of halogens is 3. The van der Waals surface area contributed by atoms with Crippen molar-refractivity contribution in [3.05, 3.63) is 29.8 Å². The molecule has 3 nitrogen and oxygen atoms in total. The second-order valence-electron chi connectivity index (χ2n) is 3.76. The highest BCUT2D eigenvalue weighted by atomic mass is 19.4. The largest absolute Gasteiger partial charge is 0.491 e. The molecule has 18 heavy (non-hydrogen) atoms. The number of ether oxygens (including phenoxy) is 2. The molecular weight excluding hydrogens is 249 g/mol. The Balaban J connectivity index is 2.23. The van der Waals surface area contributed by atoms with Crippen molar-refractivity contribution in [2.75, 3.05) is 19.8 Å². The third kappa shape index (κ3) is 5.88. The Kier molecular flexibility index (Phi) is 5.43. The molecule has 0 aliphatic rings. The van der Waals surface area contributed by atoms with Gasteiger partial charge in [0, 0.05) is 0 Å². The predicted octanol–water partition coefficient (Wildman–Crippen LogP) is 2.70. The smallest absolute Gasteiger partial charge is 0.411 e. The molecule has 0 aromatic heterocycles. The molecule has 1 atom stereocenters. The highest BCUT2D eigenvalue weighted by Crippen LogP contribution is 2.17. The molecule has 0 spiro atoms. The number of aliphatic hydroxyl groups is 1. The first-order valence-electron chi connectivity index (χ1n) is 5.44. The molecule has 0 bridgehead atoms. The van der Waals surface area contributed by atoms with Gasteiger partial charge < -0.3 is 14.6 Å². The number of alkyl halides is 3. The van der Waals surface area contributed by atoms with Crippen LogP contribution in [0.15, 0.2) is 24.3 Å². The molecular formula is C12H15F3O3. The maximum atomic E-state index is 11.7. The second-order valence-corrected chi connectivity index (χ2v) is 3.76. The summed E-state index contributed by atoms with van der Waals surface area (Å²) >= 11 is 0. The lowest BCUT2D eigenvalue weighted by molar-refractivity contribution is -0.175. The van der Waals surface area contributed by atoms with Gasteiger partial charge in [-0.1, -0.05) is 12.1 Å². The van der Waals surface area contributed by atoms with Crippen molar-refractivity contribution in [2.24, 2.45) is 0 Å². The van der Waals surface area contributed by atoms with E-state index in [0.29, 0.717) is 5.75 Å². The lowest BCUT2D eigenvalue weighted by Crippen LogP contribution is -2.19. The van der Waals surface area contributed by atoms with Gasteiger partial charge in [-0.25, -0.2) is 0 Å². The quantitative estimate of drug-likeness (QED) is 0.803. The Morgan fingerprint density at radius 2 is 1.78 bits per heavy atom. The molecule has 0 radical (unpaired) electrons. The zero-order chi connectivity index (χ0) is 13.6. The summed E-state index contributed by atoms with van der Waals surface area (Å²) in [6.07, 6.45) is -4.87. The number of aliphatic hydroxyl groups excluding tert-OH is 1. The van der Waals surface area contributed by atoms with Crippen molar-refractivity contribution in [1.82, 2.24) is 0 Å². The fourth-order valence-electron chi connectivity index (χ4n) is 1.25. The molecule has 1 N–H and O–H groups in total. The molecule has 6 heteroatoms. The van der Waals surface area contributed by atoms with E-state index in [9.17, 15) is 18.3 Å². The van der Waals surface area contributed by atoms with E-state index >= 15 is 0 Å². The van der Waals surface area contributed by atoms with Crippen molar-refractivity contribution in [3.8, 4) is 5.75 Å². The van der Waals surface area contributed by atoms with Gasteiger partial charge in [0.05, 0.1) is 12.7 Å². The van der Waals surface area contributed by atoms with Crippen molar-refractivity contribution in [2.45, 2.75) is 19.2 Å². The lowest BCUT2D eigenvalue weighted by Gasteiger charge is -2.10. The summed E-state index contributed by atoms with van der Waals surface area (Å²) in [4.78, 5) is 0.